The summed E-state index contributed by atoms with van der Waals surface area (Å²) in [4.78, 5) is 13.2. The smallest absolute Gasteiger partial charge is 0.333 e. The molecule has 5 heteroatoms. The van der Waals surface area contributed by atoms with E-state index in [0.717, 1.165) is 36.4 Å². The molecule has 1 aliphatic heterocycles. The molecule has 2 bridgehead atoms. The van der Waals surface area contributed by atoms with Crippen LogP contribution in [0.15, 0.2) is 29.4 Å². The molecule has 3 aliphatic rings. The van der Waals surface area contributed by atoms with Gasteiger partial charge in [0, 0.05) is 22.7 Å². The molecule has 4 atom stereocenters. The molecule has 0 aromatic heterocycles. The van der Waals surface area contributed by atoms with Gasteiger partial charge in [0.15, 0.2) is 0 Å². The number of fused-ring (bicyclic) bond motifs is 2. The maximum atomic E-state index is 13.2. The van der Waals surface area contributed by atoms with E-state index in [2.05, 4.69) is 45.1 Å². The van der Waals surface area contributed by atoms with Gasteiger partial charge in [-0.2, -0.15) is 5.10 Å². The first-order valence-electron chi connectivity index (χ1n) is 11.2. The lowest BCUT2D eigenvalue weighted by molar-refractivity contribution is 0.118. The molecule has 158 valence electrons. The summed E-state index contributed by atoms with van der Waals surface area (Å²) in [5, 5.41) is 10.5. The first-order chi connectivity index (χ1) is 13.8. The minimum Gasteiger partial charge on any atom is -0.333 e. The van der Waals surface area contributed by atoms with E-state index in [9.17, 15) is 4.79 Å². The van der Waals surface area contributed by atoms with Gasteiger partial charge in [-0.15, -0.1) is 0 Å². The Morgan fingerprint density at radius 1 is 1.28 bits per heavy atom. The van der Waals surface area contributed by atoms with Crippen LogP contribution < -0.4 is 5.32 Å². The molecule has 1 heterocycles. The lowest BCUT2D eigenvalue weighted by Gasteiger charge is -2.39. The molecular weight excluding hydrogens is 382 g/mol. The molecule has 4 nitrogen and oxygen atoms in total. The lowest BCUT2D eigenvalue weighted by atomic mass is 9.69. The number of hydrogen-bond donors (Lipinski definition) is 1. The first kappa shape index (κ1) is 20.7. The number of carbonyl (C=O) groups excluding carboxylic acids is 1. The number of benzene rings is 1. The Bertz CT molecular complexity index is 803. The number of nitrogens with one attached hydrogen (secondary N) is 1. The van der Waals surface area contributed by atoms with Crippen LogP contribution in [-0.2, 0) is 0 Å². The topological polar surface area (TPSA) is 44.7 Å². The van der Waals surface area contributed by atoms with Crippen molar-refractivity contribution in [1.82, 2.24) is 10.3 Å². The normalized spacial score (nSPS) is 32.5. The third-order valence-corrected chi connectivity index (χ3v) is 8.64. The zero-order valence-electron chi connectivity index (χ0n) is 18.2. The fourth-order valence-corrected chi connectivity index (χ4v) is 6.02. The maximum Gasteiger partial charge on any atom is 0.338 e. The van der Waals surface area contributed by atoms with Gasteiger partial charge in [-0.3, -0.25) is 0 Å². The fourth-order valence-electron chi connectivity index (χ4n) is 5.89. The van der Waals surface area contributed by atoms with Gasteiger partial charge in [0.25, 0.3) is 0 Å². The number of urea groups is 1. The van der Waals surface area contributed by atoms with Gasteiger partial charge in [0.2, 0.25) is 0 Å². The lowest BCUT2D eigenvalue weighted by Crippen LogP contribution is -2.50. The molecular formula is C24H34ClN3O. The molecule has 0 spiro atoms. The number of hydrogen-bond acceptors (Lipinski definition) is 2. The van der Waals surface area contributed by atoms with Gasteiger partial charge < -0.3 is 5.32 Å². The summed E-state index contributed by atoms with van der Waals surface area (Å²) in [6, 6.07) is 8.19. The third-order valence-electron chi connectivity index (χ3n) is 8.39. The second kappa shape index (κ2) is 7.61. The van der Waals surface area contributed by atoms with E-state index in [0.29, 0.717) is 12.5 Å². The van der Waals surface area contributed by atoms with Crippen LogP contribution in [0.4, 0.5) is 4.79 Å². The van der Waals surface area contributed by atoms with E-state index < -0.39 is 0 Å². The highest BCUT2D eigenvalue weighted by molar-refractivity contribution is 6.30. The summed E-state index contributed by atoms with van der Waals surface area (Å²) in [5.74, 6) is 0.874. The molecule has 2 aliphatic carbocycles. The molecule has 29 heavy (non-hydrogen) atoms. The van der Waals surface area contributed by atoms with Gasteiger partial charge in [-0.1, -0.05) is 57.8 Å². The van der Waals surface area contributed by atoms with E-state index in [1.54, 1.807) is 5.01 Å². The average Bonchev–Trinajstić information content (AvgIpc) is 3.26. The SMILES string of the molecule is CCCCC1=NN(C(=O)N[C@H]2C[C@@H]3CC[C@]2(C)C3(C)C)C[C@H]1c1ccc(Cl)cc1. The Morgan fingerprint density at radius 2 is 2.00 bits per heavy atom. The number of carbonyl (C=O) groups is 1. The van der Waals surface area contributed by atoms with Crippen LogP contribution in [0, 0.1) is 16.7 Å². The standard InChI is InChI=1S/C24H34ClN3O/c1-5-6-7-20-19(16-8-10-18(25)11-9-16)15-28(27-20)22(29)26-21-14-17-12-13-24(21,4)23(17,2)3/h8-11,17,19,21H,5-7,12-15H2,1-4H3,(H,26,29)/t17-,19-,21-,24-/m0/s1. The number of rotatable bonds is 5. The van der Waals surface area contributed by atoms with E-state index in [4.69, 9.17) is 16.7 Å². The van der Waals surface area contributed by atoms with Crippen LogP contribution in [0.2, 0.25) is 5.02 Å². The molecule has 2 saturated carbocycles. The van der Waals surface area contributed by atoms with Gasteiger partial charge in [-0.25, -0.2) is 9.80 Å². The van der Waals surface area contributed by atoms with Crippen molar-refractivity contribution in [1.29, 1.82) is 0 Å². The number of unbranched alkanes of at least 4 members (excludes halogenated alkanes) is 1. The highest BCUT2D eigenvalue weighted by Crippen LogP contribution is 2.65. The van der Waals surface area contributed by atoms with Crippen molar-refractivity contribution in [2.75, 3.05) is 6.54 Å². The molecule has 4 rings (SSSR count). The summed E-state index contributed by atoms with van der Waals surface area (Å²) < 4.78 is 0. The maximum absolute atomic E-state index is 13.2. The van der Waals surface area contributed by atoms with E-state index >= 15 is 0 Å². The summed E-state index contributed by atoms with van der Waals surface area (Å²) in [6.07, 6.45) is 6.73. The Balaban J connectivity index is 1.49. The van der Waals surface area contributed by atoms with E-state index in [-0.39, 0.29) is 28.8 Å². The predicted octanol–water partition coefficient (Wildman–Crippen LogP) is 6.21. The second-order valence-corrected chi connectivity index (χ2v) is 10.4. The van der Waals surface area contributed by atoms with Crippen molar-refractivity contribution in [2.24, 2.45) is 21.8 Å². The van der Waals surface area contributed by atoms with Crippen molar-refractivity contribution in [3.05, 3.63) is 34.9 Å². The zero-order valence-corrected chi connectivity index (χ0v) is 18.9. The van der Waals surface area contributed by atoms with Crippen molar-refractivity contribution in [3.8, 4) is 0 Å². The van der Waals surface area contributed by atoms with Crippen LogP contribution in [0.5, 0.6) is 0 Å². The molecule has 0 unspecified atom stereocenters. The molecule has 2 fully saturated rings. The van der Waals surface area contributed by atoms with Crippen molar-refractivity contribution in [2.45, 2.75) is 78.2 Å². The molecule has 0 radical (unpaired) electrons. The second-order valence-electron chi connectivity index (χ2n) is 9.99. The largest absolute Gasteiger partial charge is 0.338 e. The summed E-state index contributed by atoms with van der Waals surface area (Å²) in [7, 11) is 0. The van der Waals surface area contributed by atoms with Gasteiger partial charge in [0.05, 0.1) is 6.54 Å². The Hall–Kier alpha value is -1.55. The van der Waals surface area contributed by atoms with Crippen LogP contribution in [0.25, 0.3) is 0 Å². The van der Waals surface area contributed by atoms with Crippen molar-refractivity contribution >= 4 is 23.3 Å². The summed E-state index contributed by atoms with van der Waals surface area (Å²) in [5.41, 5.74) is 2.77. The number of nitrogens with zero attached hydrogens (tertiary/aromatic N) is 2. The van der Waals surface area contributed by atoms with Gasteiger partial charge >= 0.3 is 6.03 Å². The summed E-state index contributed by atoms with van der Waals surface area (Å²) in [6.45, 7) is 9.92. The number of hydrazone groups is 1. The van der Waals surface area contributed by atoms with Crippen LogP contribution in [-0.4, -0.2) is 29.3 Å². The highest BCUT2D eigenvalue weighted by Gasteiger charge is 2.61. The molecule has 2 amide bonds. The molecule has 1 aromatic carbocycles. The molecule has 1 N–H and O–H groups in total. The summed E-state index contributed by atoms with van der Waals surface area (Å²) >= 11 is 6.07. The first-order valence-corrected chi connectivity index (χ1v) is 11.5. The quantitative estimate of drug-likeness (QED) is 0.610. The number of amides is 2. The average molecular weight is 416 g/mol. The molecule has 0 saturated heterocycles. The Morgan fingerprint density at radius 3 is 2.59 bits per heavy atom. The van der Waals surface area contributed by atoms with Gasteiger partial charge in [0.1, 0.15) is 0 Å². The highest BCUT2D eigenvalue weighted by atomic mass is 35.5. The van der Waals surface area contributed by atoms with E-state index in [1.165, 1.54) is 18.4 Å². The van der Waals surface area contributed by atoms with Crippen LogP contribution in [0.3, 0.4) is 0 Å². The van der Waals surface area contributed by atoms with Crippen LogP contribution >= 0.6 is 11.6 Å². The third kappa shape index (κ3) is 3.48. The molecule has 1 aromatic rings. The Labute approximate surface area is 180 Å². The number of halogens is 1. The monoisotopic (exact) mass is 415 g/mol. The van der Waals surface area contributed by atoms with Gasteiger partial charge in [-0.05, 0) is 66.5 Å². The van der Waals surface area contributed by atoms with Crippen molar-refractivity contribution < 1.29 is 4.79 Å². The fraction of sp³-hybridized carbons (Fsp3) is 0.667. The van der Waals surface area contributed by atoms with Crippen molar-refractivity contribution in [3.63, 3.8) is 0 Å². The minimum absolute atomic E-state index is 0.0370. The Kier molecular flexibility index (Phi) is 5.43. The minimum atomic E-state index is -0.0370. The van der Waals surface area contributed by atoms with Crippen LogP contribution in [0.1, 0.15) is 77.7 Å². The van der Waals surface area contributed by atoms with E-state index in [1.807, 2.05) is 12.1 Å². The zero-order chi connectivity index (χ0) is 20.8. The predicted molar refractivity (Wildman–Crippen MR) is 119 cm³/mol.